The Morgan fingerprint density at radius 3 is 2.86 bits per heavy atom. The first-order valence-electron chi connectivity index (χ1n) is 5.83. The van der Waals surface area contributed by atoms with Crippen LogP contribution in [0.4, 0.5) is 11.5 Å². The predicted octanol–water partition coefficient (Wildman–Crippen LogP) is 3.21. The summed E-state index contributed by atoms with van der Waals surface area (Å²) in [6.45, 7) is 0. The third-order valence-corrected chi connectivity index (χ3v) is 3.03. The molecule has 0 unspecified atom stereocenters. The summed E-state index contributed by atoms with van der Waals surface area (Å²) in [5, 5.41) is 14.5. The molecule has 2 aromatic rings. The Hall–Kier alpha value is -2.48. The van der Waals surface area contributed by atoms with E-state index in [0.29, 0.717) is 11.6 Å². The summed E-state index contributed by atoms with van der Waals surface area (Å²) in [4.78, 5) is 13.9. The van der Waals surface area contributed by atoms with Crippen molar-refractivity contribution >= 4 is 33.6 Å². The Morgan fingerprint density at radius 2 is 2.24 bits per heavy atom. The number of pyridine rings is 1. The van der Waals surface area contributed by atoms with Gasteiger partial charge in [-0.05, 0) is 24.3 Å². The second-order valence-electron chi connectivity index (χ2n) is 3.92. The van der Waals surface area contributed by atoms with Gasteiger partial charge >= 0.3 is 0 Å². The van der Waals surface area contributed by atoms with Gasteiger partial charge in [-0.1, -0.05) is 15.9 Å². The molecule has 0 amide bonds. The molecule has 1 N–H and O–H groups in total. The number of nitrogens with zero attached hydrogens (tertiary/aromatic N) is 3. The molecule has 0 aliphatic carbocycles. The third kappa shape index (κ3) is 3.99. The normalized spacial score (nSPS) is 10.6. The fourth-order valence-electron chi connectivity index (χ4n) is 1.53. The van der Waals surface area contributed by atoms with Crippen molar-refractivity contribution in [2.45, 2.75) is 0 Å². The topological polar surface area (TPSA) is 89.6 Å². The highest BCUT2D eigenvalue weighted by Crippen LogP contribution is 2.21. The van der Waals surface area contributed by atoms with Crippen LogP contribution in [0, 0.1) is 10.1 Å². The van der Waals surface area contributed by atoms with Crippen LogP contribution in [0.5, 0.6) is 5.75 Å². The lowest BCUT2D eigenvalue weighted by molar-refractivity contribution is -0.385. The van der Waals surface area contributed by atoms with E-state index in [1.165, 1.54) is 12.1 Å². The standard InChI is InChI=1S/C13H11BrN4O3/c1-21-12-4-2-10(14)6-9(12)7-16-17-13-5-3-11(8-15-13)18(19)20/h2-8H,1H3,(H,15,17)/b16-7+. The highest BCUT2D eigenvalue weighted by molar-refractivity contribution is 9.10. The Balaban J connectivity index is 2.08. The lowest BCUT2D eigenvalue weighted by atomic mass is 10.2. The van der Waals surface area contributed by atoms with Crippen LogP contribution in [-0.2, 0) is 0 Å². The smallest absolute Gasteiger partial charge is 0.287 e. The van der Waals surface area contributed by atoms with Crippen LogP contribution in [0.3, 0.4) is 0 Å². The molecule has 0 aliphatic heterocycles. The molecule has 1 aromatic heterocycles. The molecule has 0 bridgehead atoms. The fraction of sp³-hybridized carbons (Fsp3) is 0.0769. The van der Waals surface area contributed by atoms with Crippen molar-refractivity contribution in [1.29, 1.82) is 0 Å². The van der Waals surface area contributed by atoms with Gasteiger partial charge in [0, 0.05) is 16.1 Å². The molecular formula is C13H11BrN4O3. The molecule has 108 valence electrons. The number of rotatable bonds is 5. The first-order valence-corrected chi connectivity index (χ1v) is 6.62. The molecule has 7 nitrogen and oxygen atoms in total. The van der Waals surface area contributed by atoms with Gasteiger partial charge in [0.05, 0.1) is 18.2 Å². The van der Waals surface area contributed by atoms with E-state index in [1.54, 1.807) is 13.3 Å². The number of hydrogen-bond acceptors (Lipinski definition) is 6. The van der Waals surface area contributed by atoms with Crippen LogP contribution in [0.1, 0.15) is 5.56 Å². The van der Waals surface area contributed by atoms with Gasteiger partial charge in [0.1, 0.15) is 17.8 Å². The lowest BCUT2D eigenvalue weighted by Gasteiger charge is -2.04. The fourth-order valence-corrected chi connectivity index (χ4v) is 1.91. The Kier molecular flexibility index (Phi) is 4.83. The van der Waals surface area contributed by atoms with Gasteiger partial charge in [0.25, 0.3) is 5.69 Å². The van der Waals surface area contributed by atoms with E-state index < -0.39 is 4.92 Å². The van der Waals surface area contributed by atoms with Crippen molar-refractivity contribution in [3.05, 3.63) is 56.7 Å². The Bertz CT molecular complexity index is 674. The van der Waals surface area contributed by atoms with Crippen molar-refractivity contribution in [2.24, 2.45) is 5.10 Å². The summed E-state index contributed by atoms with van der Waals surface area (Å²) >= 11 is 3.37. The number of halogens is 1. The molecule has 0 saturated carbocycles. The lowest BCUT2D eigenvalue weighted by Crippen LogP contribution is -1.96. The minimum absolute atomic E-state index is 0.0711. The summed E-state index contributed by atoms with van der Waals surface area (Å²) in [5.41, 5.74) is 3.40. The Morgan fingerprint density at radius 1 is 1.43 bits per heavy atom. The average molecular weight is 351 g/mol. The number of benzene rings is 1. The first kappa shape index (κ1) is 14.9. The number of ether oxygens (including phenoxy) is 1. The molecule has 0 atom stereocenters. The summed E-state index contributed by atoms with van der Waals surface area (Å²) in [6, 6.07) is 8.36. The maximum Gasteiger partial charge on any atom is 0.287 e. The van der Waals surface area contributed by atoms with Crippen LogP contribution in [0.15, 0.2) is 46.1 Å². The number of hydrogen-bond donors (Lipinski definition) is 1. The summed E-state index contributed by atoms with van der Waals surface area (Å²) in [6.07, 6.45) is 2.74. The average Bonchev–Trinajstić information content (AvgIpc) is 2.48. The first-order chi connectivity index (χ1) is 10.1. The predicted molar refractivity (Wildman–Crippen MR) is 82.8 cm³/mol. The summed E-state index contributed by atoms with van der Waals surface area (Å²) in [5.74, 6) is 1.09. The third-order valence-electron chi connectivity index (χ3n) is 2.53. The zero-order valence-electron chi connectivity index (χ0n) is 11.0. The SMILES string of the molecule is COc1ccc(Br)cc1/C=N/Nc1ccc([N+](=O)[O-])cn1. The van der Waals surface area contributed by atoms with E-state index in [9.17, 15) is 10.1 Å². The second-order valence-corrected chi connectivity index (χ2v) is 4.83. The zero-order valence-corrected chi connectivity index (χ0v) is 12.6. The van der Waals surface area contributed by atoms with Crippen molar-refractivity contribution in [3.8, 4) is 5.75 Å². The summed E-state index contributed by atoms with van der Waals surface area (Å²) in [7, 11) is 1.58. The van der Waals surface area contributed by atoms with Gasteiger partial charge in [-0.2, -0.15) is 5.10 Å². The molecule has 8 heteroatoms. The molecule has 0 aliphatic rings. The van der Waals surface area contributed by atoms with E-state index in [4.69, 9.17) is 4.74 Å². The van der Waals surface area contributed by atoms with Crippen LogP contribution in [0.2, 0.25) is 0 Å². The van der Waals surface area contributed by atoms with Gasteiger partial charge in [0.15, 0.2) is 0 Å². The number of hydrazone groups is 1. The summed E-state index contributed by atoms with van der Waals surface area (Å²) < 4.78 is 6.12. The van der Waals surface area contributed by atoms with Gasteiger partial charge < -0.3 is 4.74 Å². The van der Waals surface area contributed by atoms with E-state index in [2.05, 4.69) is 31.4 Å². The monoisotopic (exact) mass is 350 g/mol. The highest BCUT2D eigenvalue weighted by Gasteiger charge is 2.04. The van der Waals surface area contributed by atoms with Crippen molar-refractivity contribution in [2.75, 3.05) is 12.5 Å². The maximum absolute atomic E-state index is 10.5. The molecule has 2 rings (SSSR count). The number of aromatic nitrogens is 1. The van der Waals surface area contributed by atoms with Crippen molar-refractivity contribution < 1.29 is 9.66 Å². The zero-order chi connectivity index (χ0) is 15.2. The van der Waals surface area contributed by atoms with Gasteiger partial charge in [-0.25, -0.2) is 4.98 Å². The minimum atomic E-state index is -0.508. The number of methoxy groups -OCH3 is 1. The number of nitrogens with one attached hydrogen (secondary N) is 1. The van der Waals surface area contributed by atoms with Crippen LogP contribution in [0.25, 0.3) is 0 Å². The van der Waals surface area contributed by atoms with Crippen LogP contribution >= 0.6 is 15.9 Å². The molecular weight excluding hydrogens is 340 g/mol. The number of anilines is 1. The van der Waals surface area contributed by atoms with Gasteiger partial charge in [-0.3, -0.25) is 15.5 Å². The Labute approximate surface area is 128 Å². The van der Waals surface area contributed by atoms with E-state index in [1.807, 2.05) is 18.2 Å². The van der Waals surface area contributed by atoms with Crippen molar-refractivity contribution in [3.63, 3.8) is 0 Å². The number of nitro groups is 1. The molecule has 1 aromatic carbocycles. The van der Waals surface area contributed by atoms with E-state index in [-0.39, 0.29) is 5.69 Å². The maximum atomic E-state index is 10.5. The highest BCUT2D eigenvalue weighted by atomic mass is 79.9. The van der Waals surface area contributed by atoms with Crippen LogP contribution < -0.4 is 10.2 Å². The molecule has 0 radical (unpaired) electrons. The van der Waals surface area contributed by atoms with E-state index in [0.717, 1.165) is 16.2 Å². The van der Waals surface area contributed by atoms with Crippen LogP contribution in [-0.4, -0.2) is 23.2 Å². The minimum Gasteiger partial charge on any atom is -0.496 e. The van der Waals surface area contributed by atoms with Crippen molar-refractivity contribution in [1.82, 2.24) is 4.98 Å². The van der Waals surface area contributed by atoms with E-state index >= 15 is 0 Å². The quantitative estimate of drug-likeness (QED) is 0.508. The molecule has 21 heavy (non-hydrogen) atoms. The second kappa shape index (κ2) is 6.80. The van der Waals surface area contributed by atoms with Gasteiger partial charge in [-0.15, -0.1) is 0 Å². The molecule has 0 fully saturated rings. The molecule has 1 heterocycles. The molecule has 0 saturated heterocycles. The molecule has 0 spiro atoms. The largest absolute Gasteiger partial charge is 0.496 e. The van der Waals surface area contributed by atoms with Gasteiger partial charge in [0.2, 0.25) is 0 Å².